The second-order valence-electron chi connectivity index (χ2n) is 4.21. The highest BCUT2D eigenvalue weighted by molar-refractivity contribution is 9.10. The van der Waals surface area contributed by atoms with E-state index in [1.807, 2.05) is 6.08 Å². The number of allylic oxidation sites excluding steroid dienone is 1. The standard InChI is InChI=1S/C14H19BrFN/c1-2-3-4-5-6-7-14(17)11-8-9-13(16)12(15)10-11/h2,8-10,14H,1,3-7,17H2. The minimum atomic E-state index is -0.244. The van der Waals surface area contributed by atoms with Crippen molar-refractivity contribution >= 4 is 15.9 Å². The van der Waals surface area contributed by atoms with Crippen molar-refractivity contribution in [2.75, 3.05) is 0 Å². The molecular formula is C14H19BrFN. The van der Waals surface area contributed by atoms with Crippen molar-refractivity contribution in [1.29, 1.82) is 0 Å². The van der Waals surface area contributed by atoms with Gasteiger partial charge in [-0.15, -0.1) is 6.58 Å². The van der Waals surface area contributed by atoms with Gasteiger partial charge < -0.3 is 5.73 Å². The third kappa shape index (κ3) is 5.00. The molecule has 0 saturated heterocycles. The van der Waals surface area contributed by atoms with Crippen LogP contribution in [0.3, 0.4) is 0 Å². The molecule has 0 fully saturated rings. The fraction of sp³-hybridized carbons (Fsp3) is 0.429. The summed E-state index contributed by atoms with van der Waals surface area (Å²) < 4.78 is 13.5. The van der Waals surface area contributed by atoms with Crippen molar-refractivity contribution in [3.05, 3.63) is 46.7 Å². The van der Waals surface area contributed by atoms with Gasteiger partial charge in [-0.05, 0) is 52.9 Å². The van der Waals surface area contributed by atoms with E-state index in [0.29, 0.717) is 4.47 Å². The predicted octanol–water partition coefficient (Wildman–Crippen LogP) is 4.72. The number of halogens is 2. The van der Waals surface area contributed by atoms with Crippen LogP contribution in [0.15, 0.2) is 35.3 Å². The molecule has 1 nitrogen and oxygen atoms in total. The van der Waals surface area contributed by atoms with Gasteiger partial charge in [-0.25, -0.2) is 4.39 Å². The van der Waals surface area contributed by atoms with E-state index in [1.54, 1.807) is 12.1 Å². The van der Waals surface area contributed by atoms with Gasteiger partial charge in [-0.3, -0.25) is 0 Å². The average Bonchev–Trinajstić information content (AvgIpc) is 2.32. The van der Waals surface area contributed by atoms with Crippen LogP contribution in [0, 0.1) is 5.82 Å². The maximum absolute atomic E-state index is 13.1. The molecule has 0 aliphatic carbocycles. The Bertz CT molecular complexity index is 365. The van der Waals surface area contributed by atoms with Gasteiger partial charge in [0.05, 0.1) is 4.47 Å². The molecule has 0 bridgehead atoms. The van der Waals surface area contributed by atoms with Crippen LogP contribution < -0.4 is 5.73 Å². The highest BCUT2D eigenvalue weighted by Crippen LogP contribution is 2.23. The highest BCUT2D eigenvalue weighted by atomic mass is 79.9. The lowest BCUT2D eigenvalue weighted by molar-refractivity contribution is 0.569. The lowest BCUT2D eigenvalue weighted by Gasteiger charge is -2.12. The first-order chi connectivity index (χ1) is 8.15. The predicted molar refractivity (Wildman–Crippen MR) is 74.3 cm³/mol. The summed E-state index contributed by atoms with van der Waals surface area (Å²) in [5, 5.41) is 0. The van der Waals surface area contributed by atoms with Crippen LogP contribution >= 0.6 is 15.9 Å². The summed E-state index contributed by atoms with van der Waals surface area (Å²) in [6, 6.07) is 4.98. The molecule has 0 amide bonds. The Hall–Kier alpha value is -0.670. The Balaban J connectivity index is 2.38. The minimum absolute atomic E-state index is 0.00405. The van der Waals surface area contributed by atoms with Crippen LogP contribution in [-0.2, 0) is 0 Å². The topological polar surface area (TPSA) is 26.0 Å². The van der Waals surface area contributed by atoms with E-state index in [-0.39, 0.29) is 11.9 Å². The van der Waals surface area contributed by atoms with Gasteiger partial charge in [0.1, 0.15) is 5.82 Å². The van der Waals surface area contributed by atoms with Crippen LogP contribution in [0.25, 0.3) is 0 Å². The Kier molecular flexibility index (Phi) is 6.45. The quantitative estimate of drug-likeness (QED) is 0.572. The normalized spacial score (nSPS) is 12.4. The molecule has 3 heteroatoms. The van der Waals surface area contributed by atoms with Gasteiger partial charge in [0.2, 0.25) is 0 Å². The molecule has 1 aromatic rings. The zero-order valence-electron chi connectivity index (χ0n) is 9.96. The average molecular weight is 300 g/mol. The molecule has 0 heterocycles. The molecule has 0 aromatic heterocycles. The number of nitrogens with two attached hydrogens (primary N) is 1. The maximum atomic E-state index is 13.1. The van der Waals surface area contributed by atoms with Crippen molar-refractivity contribution in [2.24, 2.45) is 5.73 Å². The van der Waals surface area contributed by atoms with Crippen LogP contribution in [0.5, 0.6) is 0 Å². The second-order valence-corrected chi connectivity index (χ2v) is 5.06. The molecule has 0 spiro atoms. The summed E-state index contributed by atoms with van der Waals surface area (Å²) >= 11 is 3.18. The maximum Gasteiger partial charge on any atom is 0.137 e. The molecule has 0 aliphatic rings. The van der Waals surface area contributed by atoms with Gasteiger partial charge in [0.25, 0.3) is 0 Å². The zero-order valence-corrected chi connectivity index (χ0v) is 11.5. The molecule has 1 unspecified atom stereocenters. The van der Waals surface area contributed by atoms with Gasteiger partial charge in [0.15, 0.2) is 0 Å². The van der Waals surface area contributed by atoms with Crippen molar-refractivity contribution in [3.63, 3.8) is 0 Å². The lowest BCUT2D eigenvalue weighted by Crippen LogP contribution is -2.10. The SMILES string of the molecule is C=CCCCCCC(N)c1ccc(F)c(Br)c1. The molecule has 1 aromatic carbocycles. The van der Waals surface area contributed by atoms with Crippen molar-refractivity contribution in [2.45, 2.75) is 38.1 Å². The second kappa shape index (κ2) is 7.62. The first-order valence-electron chi connectivity index (χ1n) is 5.96. The summed E-state index contributed by atoms with van der Waals surface area (Å²) in [7, 11) is 0. The van der Waals surface area contributed by atoms with Crippen molar-refractivity contribution < 1.29 is 4.39 Å². The summed E-state index contributed by atoms with van der Waals surface area (Å²) in [4.78, 5) is 0. The molecule has 0 radical (unpaired) electrons. The molecule has 94 valence electrons. The van der Waals surface area contributed by atoms with E-state index >= 15 is 0 Å². The zero-order chi connectivity index (χ0) is 12.7. The molecule has 1 rings (SSSR count). The molecule has 0 saturated carbocycles. The number of unbranched alkanes of at least 4 members (excludes halogenated alkanes) is 3. The van der Waals surface area contributed by atoms with Gasteiger partial charge >= 0.3 is 0 Å². The first kappa shape index (κ1) is 14.4. The molecular weight excluding hydrogens is 281 g/mol. The van der Waals surface area contributed by atoms with Crippen molar-refractivity contribution in [1.82, 2.24) is 0 Å². The fourth-order valence-corrected chi connectivity index (χ4v) is 2.14. The van der Waals surface area contributed by atoms with Crippen LogP contribution in [0.2, 0.25) is 0 Å². The number of hydrogen-bond donors (Lipinski definition) is 1. The number of hydrogen-bond acceptors (Lipinski definition) is 1. The highest BCUT2D eigenvalue weighted by Gasteiger charge is 2.08. The van der Waals surface area contributed by atoms with Crippen LogP contribution in [0.4, 0.5) is 4.39 Å². The largest absolute Gasteiger partial charge is 0.324 e. The summed E-state index contributed by atoms with van der Waals surface area (Å²) in [5.41, 5.74) is 7.05. The summed E-state index contributed by atoms with van der Waals surface area (Å²) in [6.07, 6.45) is 7.39. The number of rotatable bonds is 7. The lowest BCUT2D eigenvalue weighted by atomic mass is 10.0. The van der Waals surface area contributed by atoms with E-state index in [1.165, 1.54) is 18.9 Å². The molecule has 17 heavy (non-hydrogen) atoms. The van der Waals surface area contributed by atoms with Crippen molar-refractivity contribution in [3.8, 4) is 0 Å². The van der Waals surface area contributed by atoms with Gasteiger partial charge in [-0.1, -0.05) is 25.0 Å². The summed E-state index contributed by atoms with van der Waals surface area (Å²) in [6.45, 7) is 3.69. The molecule has 0 aliphatic heterocycles. The Morgan fingerprint density at radius 3 is 2.76 bits per heavy atom. The van der Waals surface area contributed by atoms with E-state index < -0.39 is 0 Å². The van der Waals surface area contributed by atoms with E-state index in [2.05, 4.69) is 22.5 Å². The fourth-order valence-electron chi connectivity index (χ4n) is 1.74. The van der Waals surface area contributed by atoms with E-state index in [4.69, 9.17) is 5.73 Å². The van der Waals surface area contributed by atoms with E-state index in [9.17, 15) is 4.39 Å². The Morgan fingerprint density at radius 2 is 2.12 bits per heavy atom. The third-order valence-corrected chi connectivity index (χ3v) is 3.40. The Morgan fingerprint density at radius 1 is 1.35 bits per heavy atom. The molecule has 2 N–H and O–H groups in total. The first-order valence-corrected chi connectivity index (χ1v) is 6.76. The van der Waals surface area contributed by atoms with Gasteiger partial charge in [0, 0.05) is 6.04 Å². The monoisotopic (exact) mass is 299 g/mol. The van der Waals surface area contributed by atoms with E-state index in [0.717, 1.165) is 24.8 Å². The number of benzene rings is 1. The minimum Gasteiger partial charge on any atom is -0.324 e. The van der Waals surface area contributed by atoms with Crippen LogP contribution in [0.1, 0.15) is 43.7 Å². The van der Waals surface area contributed by atoms with Crippen LogP contribution in [-0.4, -0.2) is 0 Å². The molecule has 1 atom stereocenters. The Labute approximate surface area is 111 Å². The van der Waals surface area contributed by atoms with Gasteiger partial charge in [-0.2, -0.15) is 0 Å². The smallest absolute Gasteiger partial charge is 0.137 e. The summed E-state index contributed by atoms with van der Waals surface area (Å²) in [5.74, 6) is -0.244. The third-order valence-electron chi connectivity index (χ3n) is 2.80.